The van der Waals surface area contributed by atoms with Gasteiger partial charge >= 0.3 is 0 Å². The number of rotatable bonds is 10. The SMILES string of the molecule is CCCN(C(=O)c1ncn[nH]1)[C@H](CC)CCc1nc2c(-c3cccnc3)ccn2c(N)c1S(C)(=O)=O. The highest BCUT2D eigenvalue weighted by Crippen LogP contribution is 2.31. The van der Waals surface area contributed by atoms with Gasteiger partial charge in [0.1, 0.15) is 22.7 Å². The Labute approximate surface area is 209 Å². The van der Waals surface area contributed by atoms with Gasteiger partial charge in [-0.2, -0.15) is 5.10 Å². The van der Waals surface area contributed by atoms with E-state index in [4.69, 9.17) is 10.7 Å². The average Bonchev–Trinajstić information content (AvgIpc) is 3.54. The molecule has 0 radical (unpaired) electrons. The van der Waals surface area contributed by atoms with E-state index < -0.39 is 9.84 Å². The third kappa shape index (κ3) is 4.94. The van der Waals surface area contributed by atoms with Gasteiger partial charge in [-0.1, -0.05) is 19.9 Å². The first-order chi connectivity index (χ1) is 17.3. The Morgan fingerprint density at radius 3 is 2.69 bits per heavy atom. The van der Waals surface area contributed by atoms with Gasteiger partial charge in [-0.3, -0.25) is 19.3 Å². The second-order valence-corrected chi connectivity index (χ2v) is 10.6. The van der Waals surface area contributed by atoms with Crippen LogP contribution in [0.25, 0.3) is 16.8 Å². The minimum absolute atomic E-state index is 0.0155. The Balaban J connectivity index is 1.73. The molecule has 36 heavy (non-hydrogen) atoms. The Kier molecular flexibility index (Phi) is 7.34. The minimum atomic E-state index is -3.67. The molecular weight excluding hydrogens is 480 g/mol. The van der Waals surface area contributed by atoms with E-state index in [1.807, 2.05) is 32.0 Å². The van der Waals surface area contributed by atoms with Crippen LogP contribution in [0.1, 0.15) is 49.4 Å². The van der Waals surface area contributed by atoms with E-state index in [2.05, 4.69) is 20.2 Å². The summed E-state index contributed by atoms with van der Waals surface area (Å²) in [6.07, 6.45) is 9.83. The number of aromatic nitrogens is 6. The Bertz CT molecular complexity index is 1450. The number of nitrogens with one attached hydrogen (secondary N) is 1. The average molecular weight is 511 g/mol. The molecule has 0 bridgehead atoms. The molecular formula is C24H30N8O3S. The summed E-state index contributed by atoms with van der Waals surface area (Å²) in [5, 5.41) is 6.42. The molecule has 0 saturated heterocycles. The van der Waals surface area contributed by atoms with Crippen molar-refractivity contribution in [1.29, 1.82) is 0 Å². The number of anilines is 1. The summed E-state index contributed by atoms with van der Waals surface area (Å²) in [5.74, 6) is 0.0542. The van der Waals surface area contributed by atoms with Crippen molar-refractivity contribution in [3.05, 3.63) is 54.6 Å². The van der Waals surface area contributed by atoms with Crippen LogP contribution in [0, 0.1) is 0 Å². The van der Waals surface area contributed by atoms with E-state index in [9.17, 15) is 13.2 Å². The molecule has 0 fully saturated rings. The summed E-state index contributed by atoms with van der Waals surface area (Å²) in [6, 6.07) is 5.43. The molecule has 190 valence electrons. The van der Waals surface area contributed by atoms with Crippen LogP contribution in [0.3, 0.4) is 0 Å². The summed E-state index contributed by atoms with van der Waals surface area (Å²) in [5.41, 5.74) is 8.99. The van der Waals surface area contributed by atoms with E-state index in [0.29, 0.717) is 37.1 Å². The maximum absolute atomic E-state index is 13.1. The highest BCUT2D eigenvalue weighted by atomic mass is 32.2. The molecule has 0 saturated carbocycles. The molecule has 0 aliphatic heterocycles. The van der Waals surface area contributed by atoms with Gasteiger partial charge in [-0.15, -0.1) is 0 Å². The standard InChI is InChI=1S/C24H30N8O3S/c1-4-12-31(24(33)22-27-15-28-30-22)17(5-2)8-9-19-20(36(3,34)35)21(25)32-13-10-18(23(32)29-19)16-7-6-11-26-14-16/h6-7,10-11,13-15,17H,4-5,8-9,12,25H2,1-3H3,(H,27,28,30)/t17-/m1/s1. The topological polar surface area (TPSA) is 152 Å². The fourth-order valence-corrected chi connectivity index (χ4v) is 5.56. The molecule has 4 heterocycles. The van der Waals surface area contributed by atoms with Crippen molar-refractivity contribution in [3.8, 4) is 11.1 Å². The van der Waals surface area contributed by atoms with Crippen LogP contribution in [-0.2, 0) is 16.3 Å². The zero-order chi connectivity index (χ0) is 25.9. The number of pyridine rings is 1. The number of aromatic amines is 1. The fraction of sp³-hybridized carbons (Fsp3) is 0.375. The van der Waals surface area contributed by atoms with Crippen molar-refractivity contribution in [2.75, 3.05) is 18.5 Å². The van der Waals surface area contributed by atoms with Gasteiger partial charge in [0.2, 0.25) is 5.82 Å². The molecule has 0 aliphatic rings. The summed E-state index contributed by atoms with van der Waals surface area (Å²) in [7, 11) is -3.67. The number of aryl methyl sites for hydroxylation is 1. The number of carbonyl (C=O) groups excluding carboxylic acids is 1. The molecule has 4 aromatic rings. The smallest absolute Gasteiger partial charge is 0.291 e. The maximum atomic E-state index is 13.1. The largest absolute Gasteiger partial charge is 0.384 e. The molecule has 4 rings (SSSR count). The quantitative estimate of drug-likeness (QED) is 0.330. The molecule has 0 aliphatic carbocycles. The van der Waals surface area contributed by atoms with Gasteiger partial charge in [-0.05, 0) is 37.8 Å². The number of nitrogen functional groups attached to an aromatic ring is 1. The number of fused-ring (bicyclic) bond motifs is 1. The zero-order valence-corrected chi connectivity index (χ0v) is 21.4. The lowest BCUT2D eigenvalue weighted by molar-refractivity contribution is 0.0650. The number of nitrogens with two attached hydrogens (primary N) is 1. The van der Waals surface area contributed by atoms with Crippen LogP contribution in [0.15, 0.2) is 48.0 Å². The normalized spacial score (nSPS) is 12.6. The van der Waals surface area contributed by atoms with Crippen molar-refractivity contribution in [3.63, 3.8) is 0 Å². The number of H-pyrrole nitrogens is 1. The first-order valence-electron chi connectivity index (χ1n) is 11.8. The van der Waals surface area contributed by atoms with Gasteiger partial charge in [0.25, 0.3) is 5.91 Å². The van der Waals surface area contributed by atoms with Gasteiger partial charge in [0.05, 0.1) is 5.69 Å². The molecule has 3 N–H and O–H groups in total. The third-order valence-electron chi connectivity index (χ3n) is 6.17. The number of nitrogens with zero attached hydrogens (tertiary/aromatic N) is 6. The molecule has 0 aromatic carbocycles. The summed E-state index contributed by atoms with van der Waals surface area (Å²) in [4.78, 5) is 27.8. The van der Waals surface area contributed by atoms with E-state index >= 15 is 0 Å². The van der Waals surface area contributed by atoms with Gasteiger partial charge in [0, 0.05) is 48.6 Å². The van der Waals surface area contributed by atoms with Gasteiger partial charge in [-0.25, -0.2) is 18.4 Å². The Morgan fingerprint density at radius 1 is 1.28 bits per heavy atom. The zero-order valence-electron chi connectivity index (χ0n) is 20.5. The molecule has 12 heteroatoms. The van der Waals surface area contributed by atoms with Crippen LogP contribution in [0.4, 0.5) is 5.82 Å². The second kappa shape index (κ2) is 10.4. The summed E-state index contributed by atoms with van der Waals surface area (Å²) in [6.45, 7) is 4.53. The van der Waals surface area contributed by atoms with Gasteiger partial charge in [0.15, 0.2) is 9.84 Å². The molecule has 1 atom stereocenters. The van der Waals surface area contributed by atoms with Crippen LogP contribution < -0.4 is 5.73 Å². The van der Waals surface area contributed by atoms with Crippen LogP contribution in [-0.4, -0.2) is 67.6 Å². The molecule has 0 unspecified atom stereocenters. The monoisotopic (exact) mass is 510 g/mol. The van der Waals surface area contributed by atoms with Gasteiger partial charge < -0.3 is 10.6 Å². The number of amides is 1. The number of sulfone groups is 1. The van der Waals surface area contributed by atoms with Crippen molar-refractivity contribution >= 4 is 27.2 Å². The van der Waals surface area contributed by atoms with Crippen molar-refractivity contribution < 1.29 is 13.2 Å². The van der Waals surface area contributed by atoms with Crippen molar-refractivity contribution in [1.82, 2.24) is 34.4 Å². The molecule has 0 spiro atoms. The van der Waals surface area contributed by atoms with E-state index in [-0.39, 0.29) is 28.5 Å². The lowest BCUT2D eigenvalue weighted by atomic mass is 10.0. The van der Waals surface area contributed by atoms with Crippen molar-refractivity contribution in [2.45, 2.75) is 50.5 Å². The number of hydrogen-bond acceptors (Lipinski definition) is 8. The third-order valence-corrected chi connectivity index (χ3v) is 7.35. The predicted octanol–water partition coefficient (Wildman–Crippen LogP) is 2.76. The Hall–Kier alpha value is -3.80. The second-order valence-electron chi connectivity index (χ2n) is 8.64. The Morgan fingerprint density at radius 2 is 2.08 bits per heavy atom. The van der Waals surface area contributed by atoms with E-state index in [0.717, 1.165) is 23.8 Å². The highest BCUT2D eigenvalue weighted by molar-refractivity contribution is 7.91. The number of carbonyl (C=O) groups is 1. The van der Waals surface area contributed by atoms with E-state index in [1.54, 1.807) is 27.9 Å². The first-order valence-corrected chi connectivity index (χ1v) is 13.7. The minimum Gasteiger partial charge on any atom is -0.384 e. The summed E-state index contributed by atoms with van der Waals surface area (Å²) < 4.78 is 27.2. The van der Waals surface area contributed by atoms with Crippen LogP contribution in [0.2, 0.25) is 0 Å². The highest BCUT2D eigenvalue weighted by Gasteiger charge is 2.28. The number of hydrogen-bond donors (Lipinski definition) is 2. The fourth-order valence-electron chi connectivity index (χ4n) is 4.51. The van der Waals surface area contributed by atoms with Crippen LogP contribution >= 0.6 is 0 Å². The van der Waals surface area contributed by atoms with Crippen molar-refractivity contribution in [2.24, 2.45) is 0 Å². The molecule has 1 amide bonds. The van der Waals surface area contributed by atoms with E-state index in [1.165, 1.54) is 6.33 Å². The lowest BCUT2D eigenvalue weighted by Crippen LogP contribution is -2.41. The summed E-state index contributed by atoms with van der Waals surface area (Å²) >= 11 is 0. The molecule has 4 aromatic heterocycles. The predicted molar refractivity (Wildman–Crippen MR) is 136 cm³/mol. The first kappa shape index (κ1) is 25.3. The van der Waals surface area contributed by atoms with Crippen LogP contribution in [0.5, 0.6) is 0 Å². The lowest BCUT2D eigenvalue weighted by Gasteiger charge is -2.30. The molecule has 11 nitrogen and oxygen atoms in total. The maximum Gasteiger partial charge on any atom is 0.291 e.